The van der Waals surface area contributed by atoms with Gasteiger partial charge in [0.05, 0.1) is 7.11 Å². The Morgan fingerprint density at radius 3 is 2.16 bits per heavy atom. The summed E-state index contributed by atoms with van der Waals surface area (Å²) >= 11 is 1.46. The highest BCUT2D eigenvalue weighted by Gasteiger charge is 2.22. The third kappa shape index (κ3) is 6.64. The number of hydrogen-bond donors (Lipinski definition) is 1. The number of nitrogens with one attached hydrogen (secondary N) is 1. The maximum absolute atomic E-state index is 11.5. The summed E-state index contributed by atoms with van der Waals surface area (Å²) in [6.45, 7) is 10.0. The van der Waals surface area contributed by atoms with Crippen LogP contribution in [-0.2, 0) is 9.53 Å². The molecule has 0 saturated carbocycles. The van der Waals surface area contributed by atoms with E-state index in [0.717, 1.165) is 4.90 Å². The first kappa shape index (κ1) is 18.0. The Morgan fingerprint density at radius 1 is 1.21 bits per heavy atom. The van der Waals surface area contributed by atoms with Crippen LogP contribution < -0.4 is 4.72 Å². The summed E-state index contributed by atoms with van der Waals surface area (Å²) in [7, 11) is 1.41. The molecule has 19 heavy (non-hydrogen) atoms. The molecule has 0 fully saturated rings. The highest BCUT2D eigenvalue weighted by atomic mass is 32.2. The molecule has 1 N–H and O–H groups in total. The normalized spacial score (nSPS) is 11.5. The van der Waals surface area contributed by atoms with E-state index in [1.807, 2.05) is 58.9 Å². The van der Waals surface area contributed by atoms with Crippen molar-refractivity contribution in [2.75, 3.05) is 7.11 Å². The zero-order chi connectivity index (χ0) is 14.8. The molecule has 0 aliphatic carbocycles. The molecular weight excluding hydrogens is 258 g/mol. The van der Waals surface area contributed by atoms with E-state index in [1.165, 1.54) is 24.6 Å². The largest absolute Gasteiger partial charge is 0.468 e. The van der Waals surface area contributed by atoms with Gasteiger partial charge in [-0.05, 0) is 36.9 Å². The van der Waals surface area contributed by atoms with E-state index in [2.05, 4.69) is 4.72 Å². The summed E-state index contributed by atoms with van der Waals surface area (Å²) in [5, 5.41) is 0. The molecule has 0 amide bonds. The second-order valence-electron chi connectivity index (χ2n) is 4.28. The molecule has 4 heteroatoms. The molecule has 0 aliphatic heterocycles. The van der Waals surface area contributed by atoms with Gasteiger partial charge in [-0.2, -0.15) is 0 Å². The number of hydrogen-bond acceptors (Lipinski definition) is 4. The fourth-order valence-electron chi connectivity index (χ4n) is 1.32. The Morgan fingerprint density at radius 2 is 1.74 bits per heavy atom. The Balaban J connectivity index is 0.00000154. The molecule has 3 nitrogen and oxygen atoms in total. The van der Waals surface area contributed by atoms with Crippen molar-refractivity contribution in [1.82, 2.24) is 4.72 Å². The number of methoxy groups -OCH3 is 1. The van der Waals surface area contributed by atoms with Crippen LogP contribution in [0.5, 0.6) is 0 Å². The molecule has 0 aliphatic rings. The minimum absolute atomic E-state index is 0.195. The van der Waals surface area contributed by atoms with E-state index in [0.29, 0.717) is 0 Å². The quantitative estimate of drug-likeness (QED) is 0.658. The highest BCUT2D eigenvalue weighted by molar-refractivity contribution is 7.97. The number of carbonyl (C=O) groups excluding carboxylic acids is 1. The molecule has 0 heterocycles. The fraction of sp³-hybridized carbons (Fsp3) is 0.533. The van der Waals surface area contributed by atoms with Crippen molar-refractivity contribution in [2.24, 2.45) is 5.92 Å². The van der Waals surface area contributed by atoms with Gasteiger partial charge in [0.1, 0.15) is 6.04 Å². The Bertz CT molecular complexity index is 363. The first-order valence-corrected chi connectivity index (χ1v) is 7.43. The smallest absolute Gasteiger partial charge is 0.323 e. The Labute approximate surface area is 121 Å². The minimum Gasteiger partial charge on any atom is -0.468 e. The highest BCUT2D eigenvalue weighted by Crippen LogP contribution is 2.18. The summed E-state index contributed by atoms with van der Waals surface area (Å²) in [6, 6.07) is 7.87. The van der Waals surface area contributed by atoms with Gasteiger partial charge in [-0.3, -0.25) is 4.79 Å². The predicted octanol–water partition coefficient (Wildman–Crippen LogP) is 3.82. The number of carbonyl (C=O) groups is 1. The van der Waals surface area contributed by atoms with Crippen molar-refractivity contribution in [3.8, 4) is 0 Å². The summed E-state index contributed by atoms with van der Waals surface area (Å²) in [5.74, 6) is -0.0278. The van der Waals surface area contributed by atoms with Crippen LogP contribution in [-0.4, -0.2) is 19.1 Å². The van der Waals surface area contributed by atoms with Crippen LogP contribution in [0.2, 0.25) is 0 Å². The van der Waals surface area contributed by atoms with Crippen molar-refractivity contribution in [3.63, 3.8) is 0 Å². The summed E-state index contributed by atoms with van der Waals surface area (Å²) in [6.07, 6.45) is 0. The molecular formula is C15H25NO2S. The second kappa shape index (κ2) is 9.87. The first-order chi connectivity index (χ1) is 9.04. The van der Waals surface area contributed by atoms with Gasteiger partial charge in [-0.1, -0.05) is 45.4 Å². The van der Waals surface area contributed by atoms with Crippen LogP contribution in [0.1, 0.15) is 33.3 Å². The van der Waals surface area contributed by atoms with Crippen LogP contribution in [0, 0.1) is 12.8 Å². The molecule has 1 rings (SSSR count). The minimum atomic E-state index is -0.286. The van der Waals surface area contributed by atoms with E-state index in [4.69, 9.17) is 4.74 Å². The molecule has 0 spiro atoms. The average Bonchev–Trinajstić information content (AvgIpc) is 2.42. The van der Waals surface area contributed by atoms with Crippen molar-refractivity contribution in [2.45, 2.75) is 45.6 Å². The molecule has 1 aromatic rings. The van der Waals surface area contributed by atoms with Gasteiger partial charge in [-0.15, -0.1) is 0 Å². The van der Waals surface area contributed by atoms with Gasteiger partial charge >= 0.3 is 5.97 Å². The van der Waals surface area contributed by atoms with E-state index < -0.39 is 0 Å². The van der Waals surface area contributed by atoms with Crippen LogP contribution in [0.3, 0.4) is 0 Å². The van der Waals surface area contributed by atoms with E-state index in [1.54, 1.807) is 0 Å². The van der Waals surface area contributed by atoms with Crippen molar-refractivity contribution in [3.05, 3.63) is 29.8 Å². The Kier molecular flexibility index (Phi) is 9.35. The topological polar surface area (TPSA) is 38.3 Å². The monoisotopic (exact) mass is 283 g/mol. The van der Waals surface area contributed by atoms with Crippen LogP contribution in [0.15, 0.2) is 29.2 Å². The number of aryl methyl sites for hydroxylation is 1. The third-order valence-electron chi connectivity index (χ3n) is 2.45. The second-order valence-corrected chi connectivity index (χ2v) is 5.19. The average molecular weight is 283 g/mol. The molecule has 0 aromatic heterocycles. The van der Waals surface area contributed by atoms with Gasteiger partial charge < -0.3 is 4.74 Å². The lowest BCUT2D eigenvalue weighted by Gasteiger charge is -2.19. The van der Waals surface area contributed by atoms with Gasteiger partial charge in [0.2, 0.25) is 0 Å². The van der Waals surface area contributed by atoms with Crippen molar-refractivity contribution >= 4 is 17.9 Å². The molecule has 0 bridgehead atoms. The number of benzene rings is 1. The van der Waals surface area contributed by atoms with Gasteiger partial charge in [-0.25, -0.2) is 4.72 Å². The van der Waals surface area contributed by atoms with Gasteiger partial charge in [0.25, 0.3) is 0 Å². The standard InChI is InChI=1S/C13H19NO2S.C2H6/c1-9(2)12(13(15)16-4)14-17-11-7-5-10(3)6-8-11;1-2/h5-9,12,14H,1-4H3;1-2H3. The maximum Gasteiger partial charge on any atom is 0.323 e. The number of esters is 1. The van der Waals surface area contributed by atoms with Crippen LogP contribution in [0.4, 0.5) is 0 Å². The van der Waals surface area contributed by atoms with E-state index in [-0.39, 0.29) is 17.9 Å². The van der Waals surface area contributed by atoms with E-state index >= 15 is 0 Å². The van der Waals surface area contributed by atoms with Gasteiger partial charge in [0, 0.05) is 4.90 Å². The lowest BCUT2D eigenvalue weighted by molar-refractivity contribution is -0.143. The zero-order valence-electron chi connectivity index (χ0n) is 12.7. The van der Waals surface area contributed by atoms with Crippen LogP contribution >= 0.6 is 11.9 Å². The molecule has 1 aromatic carbocycles. The van der Waals surface area contributed by atoms with Crippen molar-refractivity contribution in [1.29, 1.82) is 0 Å². The fourth-order valence-corrected chi connectivity index (χ4v) is 2.22. The summed E-state index contributed by atoms with van der Waals surface area (Å²) in [4.78, 5) is 12.6. The van der Waals surface area contributed by atoms with Crippen molar-refractivity contribution < 1.29 is 9.53 Å². The Hall–Kier alpha value is -1.00. The van der Waals surface area contributed by atoms with Gasteiger partial charge in [0.15, 0.2) is 0 Å². The molecule has 0 saturated heterocycles. The molecule has 1 atom stereocenters. The SMILES string of the molecule is CC.COC(=O)C(NSc1ccc(C)cc1)C(C)C. The van der Waals surface area contributed by atoms with E-state index in [9.17, 15) is 4.79 Å². The summed E-state index contributed by atoms with van der Waals surface area (Å²) in [5.41, 5.74) is 1.22. The molecule has 1 unspecified atom stereocenters. The maximum atomic E-state index is 11.5. The lowest BCUT2D eigenvalue weighted by atomic mass is 10.1. The molecule has 0 radical (unpaired) electrons. The zero-order valence-corrected chi connectivity index (χ0v) is 13.5. The molecule has 108 valence electrons. The first-order valence-electron chi connectivity index (χ1n) is 6.61. The third-order valence-corrected chi connectivity index (χ3v) is 3.33. The lowest BCUT2D eigenvalue weighted by Crippen LogP contribution is -2.37. The number of rotatable bonds is 5. The van der Waals surface area contributed by atoms with Crippen LogP contribution in [0.25, 0.3) is 0 Å². The summed E-state index contributed by atoms with van der Waals surface area (Å²) < 4.78 is 7.91. The number of ether oxygens (including phenoxy) is 1. The predicted molar refractivity (Wildman–Crippen MR) is 82.2 cm³/mol.